The first-order valence-corrected chi connectivity index (χ1v) is 9.01. The number of likely N-dealkylation sites (N-methyl/N-ethyl adjacent to an activating group) is 1. The number of ether oxygens (including phenoxy) is 2. The first-order valence-electron chi connectivity index (χ1n) is 9.01. The highest BCUT2D eigenvalue weighted by Gasteiger charge is 2.67. The van der Waals surface area contributed by atoms with Crippen LogP contribution in [-0.2, 0) is 26.2 Å². The molecule has 0 spiro atoms. The van der Waals surface area contributed by atoms with Gasteiger partial charge in [-0.3, -0.25) is 14.5 Å². The highest BCUT2D eigenvalue weighted by atomic mass is 16.6. The van der Waals surface area contributed by atoms with Gasteiger partial charge >= 0.3 is 5.97 Å². The summed E-state index contributed by atoms with van der Waals surface area (Å²) in [5.41, 5.74) is 1.33. The van der Waals surface area contributed by atoms with Gasteiger partial charge in [0.25, 0.3) is 0 Å². The number of carbonyl (C=O) groups is 2. The number of carbonyl (C=O) groups excluding carboxylic acids is 2. The van der Waals surface area contributed by atoms with Gasteiger partial charge in [-0.2, -0.15) is 0 Å². The van der Waals surface area contributed by atoms with Crippen molar-refractivity contribution in [3.8, 4) is 5.75 Å². The first-order chi connectivity index (χ1) is 11.9. The molecule has 0 radical (unpaired) electrons. The molecule has 5 nitrogen and oxygen atoms in total. The van der Waals surface area contributed by atoms with Crippen LogP contribution in [0.25, 0.3) is 0 Å². The van der Waals surface area contributed by atoms with E-state index in [0.29, 0.717) is 19.3 Å². The van der Waals surface area contributed by atoms with Gasteiger partial charge in [-0.05, 0) is 56.1 Å². The monoisotopic (exact) mass is 343 g/mol. The highest BCUT2D eigenvalue weighted by Crippen LogP contribution is 2.59. The van der Waals surface area contributed by atoms with Crippen LogP contribution in [0.3, 0.4) is 0 Å². The number of hydrogen-bond donors (Lipinski definition) is 0. The van der Waals surface area contributed by atoms with Crippen molar-refractivity contribution in [2.24, 2.45) is 0 Å². The van der Waals surface area contributed by atoms with E-state index in [0.717, 1.165) is 30.7 Å². The predicted octanol–water partition coefficient (Wildman–Crippen LogP) is 2.25. The van der Waals surface area contributed by atoms with Gasteiger partial charge in [0.05, 0.1) is 13.2 Å². The molecule has 2 aliphatic carbocycles. The lowest BCUT2D eigenvalue weighted by Gasteiger charge is -2.64. The Morgan fingerprint density at radius 2 is 2.12 bits per heavy atom. The Morgan fingerprint density at radius 1 is 1.32 bits per heavy atom. The summed E-state index contributed by atoms with van der Waals surface area (Å²) in [5, 5.41) is 0. The van der Waals surface area contributed by atoms with Crippen LogP contribution in [0, 0.1) is 0 Å². The number of methoxy groups -OCH3 is 1. The molecule has 2 fully saturated rings. The molecule has 1 aromatic rings. The van der Waals surface area contributed by atoms with E-state index in [1.54, 1.807) is 7.11 Å². The average Bonchev–Trinajstić information content (AvgIpc) is 2.58. The summed E-state index contributed by atoms with van der Waals surface area (Å²) in [6.45, 7) is 2.38. The topological polar surface area (TPSA) is 55.8 Å². The standard InChI is InChI=1S/C20H25NO4/c1-13(22)25-20-7-6-15(23)12-19(20)8-9-21(2)18(20)10-14-4-5-16(24-3)11-17(14)19/h4-5,11,18H,6-10,12H2,1-3H3/t18-,19-,20-/m1/s1. The summed E-state index contributed by atoms with van der Waals surface area (Å²) >= 11 is 0. The second kappa shape index (κ2) is 5.56. The maximum atomic E-state index is 12.5. The van der Waals surface area contributed by atoms with Gasteiger partial charge < -0.3 is 9.47 Å². The number of benzene rings is 1. The van der Waals surface area contributed by atoms with Crippen molar-refractivity contribution in [3.63, 3.8) is 0 Å². The molecular formula is C20H25NO4. The van der Waals surface area contributed by atoms with Crippen LogP contribution in [0.4, 0.5) is 0 Å². The third-order valence-electron chi connectivity index (χ3n) is 6.62. The zero-order chi connectivity index (χ0) is 17.8. The number of likely N-dealkylation sites (tertiary alicyclic amines) is 1. The fourth-order valence-corrected chi connectivity index (χ4v) is 5.57. The van der Waals surface area contributed by atoms with E-state index < -0.39 is 11.0 Å². The van der Waals surface area contributed by atoms with Crippen LogP contribution in [-0.4, -0.2) is 49.0 Å². The van der Waals surface area contributed by atoms with Crippen molar-refractivity contribution < 1.29 is 19.1 Å². The number of hydrogen-bond acceptors (Lipinski definition) is 5. The molecule has 3 atom stereocenters. The predicted molar refractivity (Wildman–Crippen MR) is 92.8 cm³/mol. The molecule has 25 heavy (non-hydrogen) atoms. The van der Waals surface area contributed by atoms with Crippen molar-refractivity contribution in [1.29, 1.82) is 0 Å². The quantitative estimate of drug-likeness (QED) is 0.771. The zero-order valence-electron chi connectivity index (χ0n) is 15.1. The van der Waals surface area contributed by atoms with Crippen molar-refractivity contribution in [1.82, 2.24) is 4.90 Å². The normalized spacial score (nSPS) is 34.0. The molecule has 0 amide bonds. The summed E-state index contributed by atoms with van der Waals surface area (Å²) in [5.74, 6) is 0.798. The van der Waals surface area contributed by atoms with Gasteiger partial charge in [0, 0.05) is 25.2 Å². The van der Waals surface area contributed by atoms with Crippen LogP contribution < -0.4 is 4.74 Å². The molecule has 3 aliphatic rings. The number of esters is 1. The van der Waals surface area contributed by atoms with Gasteiger partial charge in [0.1, 0.15) is 17.1 Å². The molecule has 2 bridgehead atoms. The molecule has 0 N–H and O–H groups in total. The maximum Gasteiger partial charge on any atom is 0.303 e. The minimum absolute atomic E-state index is 0.110. The molecule has 5 heteroatoms. The van der Waals surface area contributed by atoms with E-state index in [-0.39, 0.29) is 17.8 Å². The Morgan fingerprint density at radius 3 is 2.84 bits per heavy atom. The van der Waals surface area contributed by atoms with E-state index in [4.69, 9.17) is 9.47 Å². The number of fused-ring (bicyclic) bond motifs is 1. The van der Waals surface area contributed by atoms with Gasteiger partial charge in [-0.15, -0.1) is 0 Å². The van der Waals surface area contributed by atoms with Crippen molar-refractivity contribution >= 4 is 11.8 Å². The summed E-state index contributed by atoms with van der Waals surface area (Å²) in [4.78, 5) is 26.9. The Hall–Kier alpha value is -1.88. The maximum absolute atomic E-state index is 12.5. The lowest BCUT2D eigenvalue weighted by molar-refractivity contribution is -0.203. The van der Waals surface area contributed by atoms with E-state index >= 15 is 0 Å². The third kappa shape index (κ3) is 2.18. The van der Waals surface area contributed by atoms with Gasteiger partial charge in [0.15, 0.2) is 0 Å². The van der Waals surface area contributed by atoms with Crippen LogP contribution in [0.15, 0.2) is 18.2 Å². The largest absolute Gasteiger partial charge is 0.497 e. The van der Waals surface area contributed by atoms with Crippen LogP contribution in [0.2, 0.25) is 0 Å². The molecule has 1 heterocycles. The van der Waals surface area contributed by atoms with E-state index in [1.165, 1.54) is 12.5 Å². The minimum Gasteiger partial charge on any atom is -0.497 e. The molecule has 1 aromatic carbocycles. The molecule has 1 aliphatic heterocycles. The molecule has 4 rings (SSSR count). The third-order valence-corrected chi connectivity index (χ3v) is 6.62. The minimum atomic E-state index is -0.626. The highest BCUT2D eigenvalue weighted by molar-refractivity contribution is 5.83. The Kier molecular flexibility index (Phi) is 3.69. The molecule has 1 saturated carbocycles. The summed E-state index contributed by atoms with van der Waals surface area (Å²) < 4.78 is 11.6. The van der Waals surface area contributed by atoms with Crippen molar-refractivity contribution in [3.05, 3.63) is 29.3 Å². The lowest BCUT2D eigenvalue weighted by atomic mass is 9.49. The molecular weight excluding hydrogens is 318 g/mol. The van der Waals surface area contributed by atoms with Gasteiger partial charge in [-0.25, -0.2) is 0 Å². The molecule has 0 aromatic heterocycles. The molecule has 134 valence electrons. The van der Waals surface area contributed by atoms with Crippen molar-refractivity contribution in [2.45, 2.75) is 56.1 Å². The Labute approximate surface area is 148 Å². The number of Topliss-reactive ketones (excluding diaryl/α,β-unsaturated/α-hetero) is 1. The SMILES string of the molecule is COc1ccc2c(c1)[C@]13CCN(C)[C@H](C2)[C@]1(OC(C)=O)CCC(=O)C3. The average molecular weight is 343 g/mol. The van der Waals surface area contributed by atoms with E-state index in [9.17, 15) is 9.59 Å². The number of nitrogens with zero attached hydrogens (tertiary/aromatic N) is 1. The summed E-state index contributed by atoms with van der Waals surface area (Å²) in [6.07, 6.45) is 3.19. The zero-order valence-corrected chi connectivity index (χ0v) is 15.1. The van der Waals surface area contributed by atoms with Crippen LogP contribution >= 0.6 is 0 Å². The molecule has 1 saturated heterocycles. The van der Waals surface area contributed by atoms with E-state index in [2.05, 4.69) is 24.1 Å². The van der Waals surface area contributed by atoms with Gasteiger partial charge in [-0.1, -0.05) is 6.07 Å². The van der Waals surface area contributed by atoms with Crippen LogP contribution in [0.5, 0.6) is 5.75 Å². The van der Waals surface area contributed by atoms with Crippen molar-refractivity contribution in [2.75, 3.05) is 20.7 Å². The smallest absolute Gasteiger partial charge is 0.303 e. The summed E-state index contributed by atoms with van der Waals surface area (Å²) in [6, 6.07) is 6.26. The van der Waals surface area contributed by atoms with Gasteiger partial charge in [0.2, 0.25) is 0 Å². The molecule has 0 unspecified atom stereocenters. The fraction of sp³-hybridized carbons (Fsp3) is 0.600. The number of piperidine rings is 1. The van der Waals surface area contributed by atoms with Crippen LogP contribution in [0.1, 0.15) is 43.7 Å². The van der Waals surface area contributed by atoms with E-state index in [1.807, 2.05) is 6.07 Å². The Balaban J connectivity index is 1.97. The fourth-order valence-electron chi connectivity index (χ4n) is 5.57. The second-order valence-electron chi connectivity index (χ2n) is 7.75. The number of ketones is 1. The first kappa shape index (κ1) is 16.6. The summed E-state index contributed by atoms with van der Waals surface area (Å²) in [7, 11) is 3.76. The Bertz CT molecular complexity index is 745. The second-order valence-corrected chi connectivity index (χ2v) is 7.75. The number of rotatable bonds is 2. The lowest BCUT2D eigenvalue weighted by Crippen LogP contribution is -2.73.